The molecule has 3 aromatic rings. The van der Waals surface area contributed by atoms with Gasteiger partial charge in [-0.2, -0.15) is 0 Å². The van der Waals surface area contributed by atoms with Crippen molar-refractivity contribution >= 4 is 28.8 Å². The van der Waals surface area contributed by atoms with Crippen molar-refractivity contribution in [1.29, 1.82) is 0 Å². The molecular formula is C24H24ClNO5S. The number of nitrogens with zero attached hydrogens (tertiary/aromatic N) is 1. The van der Waals surface area contributed by atoms with Crippen LogP contribution in [0.25, 0.3) is 0 Å². The van der Waals surface area contributed by atoms with E-state index < -0.39 is 0 Å². The molecule has 1 unspecified atom stereocenters. The van der Waals surface area contributed by atoms with Gasteiger partial charge in [0, 0.05) is 17.1 Å². The number of rotatable bonds is 7. The maximum absolute atomic E-state index is 13.4. The highest BCUT2D eigenvalue weighted by Gasteiger charge is 2.33. The molecule has 2 heterocycles. The fourth-order valence-corrected chi connectivity index (χ4v) is 4.76. The normalized spacial score (nSPS) is 15.1. The molecule has 6 nitrogen and oxygen atoms in total. The molecule has 168 valence electrons. The lowest BCUT2D eigenvalue weighted by Gasteiger charge is -2.37. The molecule has 1 aliphatic rings. The fourth-order valence-electron chi connectivity index (χ4n) is 3.89. The molecule has 8 heteroatoms. The Morgan fingerprint density at radius 2 is 1.78 bits per heavy atom. The summed E-state index contributed by atoms with van der Waals surface area (Å²) in [4.78, 5) is 15.3. The number of benzene rings is 2. The second kappa shape index (κ2) is 9.71. The van der Waals surface area contributed by atoms with Crippen LogP contribution in [0.5, 0.6) is 21.6 Å². The number of thiophene rings is 1. The van der Waals surface area contributed by atoms with E-state index in [9.17, 15) is 4.79 Å². The molecule has 0 radical (unpaired) electrons. The van der Waals surface area contributed by atoms with Gasteiger partial charge in [-0.25, -0.2) is 0 Å². The molecule has 0 bridgehead atoms. The van der Waals surface area contributed by atoms with Crippen LogP contribution < -0.4 is 18.9 Å². The third-order valence-electron chi connectivity index (χ3n) is 5.48. The molecule has 0 saturated heterocycles. The summed E-state index contributed by atoms with van der Waals surface area (Å²) in [6.07, 6.45) is 0.700. The summed E-state index contributed by atoms with van der Waals surface area (Å²) in [5.41, 5.74) is 2.63. The predicted octanol–water partition coefficient (Wildman–Crippen LogP) is 5.25. The first kappa shape index (κ1) is 22.3. The summed E-state index contributed by atoms with van der Waals surface area (Å²) in [6.45, 7) is 0.841. The van der Waals surface area contributed by atoms with E-state index in [0.717, 1.165) is 21.3 Å². The SMILES string of the molecule is COc1ccc(OCC2c3cc(OC)c(OC)cc3CCN2C(=O)c2cccc(Cl)c2)s1. The van der Waals surface area contributed by atoms with Crippen LogP contribution in [0, 0.1) is 0 Å². The van der Waals surface area contributed by atoms with Gasteiger partial charge < -0.3 is 23.8 Å². The van der Waals surface area contributed by atoms with E-state index in [2.05, 4.69) is 0 Å². The van der Waals surface area contributed by atoms with Crippen molar-refractivity contribution in [3.05, 3.63) is 70.2 Å². The Labute approximate surface area is 196 Å². The number of halogens is 1. The molecule has 1 amide bonds. The smallest absolute Gasteiger partial charge is 0.254 e. The highest BCUT2D eigenvalue weighted by Crippen LogP contribution is 2.40. The molecule has 2 aromatic carbocycles. The van der Waals surface area contributed by atoms with Gasteiger partial charge in [-0.3, -0.25) is 4.79 Å². The van der Waals surface area contributed by atoms with E-state index in [1.165, 1.54) is 11.3 Å². The van der Waals surface area contributed by atoms with Crippen LogP contribution in [-0.2, 0) is 6.42 Å². The van der Waals surface area contributed by atoms with Crippen LogP contribution in [0.15, 0.2) is 48.5 Å². The molecular weight excluding hydrogens is 450 g/mol. The molecule has 0 aliphatic carbocycles. The number of amides is 1. The van der Waals surface area contributed by atoms with Gasteiger partial charge in [0.1, 0.15) is 6.61 Å². The molecule has 0 N–H and O–H groups in total. The van der Waals surface area contributed by atoms with E-state index in [4.69, 9.17) is 30.5 Å². The zero-order valence-electron chi connectivity index (χ0n) is 18.1. The average Bonchev–Trinajstić information content (AvgIpc) is 3.29. The summed E-state index contributed by atoms with van der Waals surface area (Å²) >= 11 is 7.55. The van der Waals surface area contributed by atoms with Crippen molar-refractivity contribution in [2.75, 3.05) is 34.5 Å². The van der Waals surface area contributed by atoms with E-state index in [1.54, 1.807) is 45.6 Å². The minimum Gasteiger partial charge on any atom is -0.493 e. The lowest BCUT2D eigenvalue weighted by molar-refractivity contribution is 0.0592. The summed E-state index contributed by atoms with van der Waals surface area (Å²) in [5.74, 6) is 1.19. The maximum Gasteiger partial charge on any atom is 0.254 e. The Bertz CT molecular complexity index is 1120. The van der Waals surface area contributed by atoms with E-state index in [1.807, 2.05) is 29.2 Å². The third-order valence-corrected chi connectivity index (χ3v) is 6.67. The van der Waals surface area contributed by atoms with Gasteiger partial charge >= 0.3 is 0 Å². The Morgan fingerprint density at radius 3 is 2.47 bits per heavy atom. The van der Waals surface area contributed by atoms with Gasteiger partial charge in [-0.15, -0.1) is 0 Å². The van der Waals surface area contributed by atoms with Crippen molar-refractivity contribution in [3.63, 3.8) is 0 Å². The van der Waals surface area contributed by atoms with Gasteiger partial charge in [0.25, 0.3) is 5.91 Å². The molecule has 0 fully saturated rings. The standard InChI is InChI=1S/C24H24ClNO5S/c1-28-20-12-15-9-10-26(24(27)16-5-4-6-17(25)11-16)19(18(15)13-21(20)29-2)14-31-23-8-7-22(30-3)32-23/h4-8,11-13,19H,9-10,14H2,1-3H3. The number of hydrogen-bond donors (Lipinski definition) is 0. The summed E-state index contributed by atoms with van der Waals surface area (Å²) in [7, 11) is 4.84. The van der Waals surface area contributed by atoms with Crippen molar-refractivity contribution in [2.24, 2.45) is 0 Å². The summed E-state index contributed by atoms with van der Waals surface area (Å²) in [6, 6.07) is 14.3. The number of carbonyl (C=O) groups excluding carboxylic acids is 1. The Balaban J connectivity index is 1.69. The first-order chi connectivity index (χ1) is 15.5. The quantitative estimate of drug-likeness (QED) is 0.469. The first-order valence-corrected chi connectivity index (χ1v) is 11.3. The van der Waals surface area contributed by atoms with E-state index in [0.29, 0.717) is 41.7 Å². The molecule has 1 aromatic heterocycles. The van der Waals surface area contributed by atoms with Crippen LogP contribution in [-0.4, -0.2) is 45.3 Å². The maximum atomic E-state index is 13.4. The number of methoxy groups -OCH3 is 3. The summed E-state index contributed by atoms with van der Waals surface area (Å²) < 4.78 is 22.4. The van der Waals surface area contributed by atoms with Crippen molar-refractivity contribution in [3.8, 4) is 21.6 Å². The Morgan fingerprint density at radius 1 is 1.03 bits per heavy atom. The average molecular weight is 474 g/mol. The molecule has 0 saturated carbocycles. The number of carbonyl (C=O) groups is 1. The third kappa shape index (κ3) is 4.49. The van der Waals surface area contributed by atoms with Crippen LogP contribution in [0.2, 0.25) is 5.02 Å². The first-order valence-electron chi connectivity index (χ1n) is 10.1. The largest absolute Gasteiger partial charge is 0.493 e. The predicted molar refractivity (Wildman–Crippen MR) is 125 cm³/mol. The van der Waals surface area contributed by atoms with E-state index in [-0.39, 0.29) is 11.9 Å². The van der Waals surface area contributed by atoms with Gasteiger partial charge in [0.15, 0.2) is 21.6 Å². The van der Waals surface area contributed by atoms with Crippen LogP contribution in [0.3, 0.4) is 0 Å². The molecule has 1 atom stereocenters. The zero-order chi connectivity index (χ0) is 22.7. The molecule has 32 heavy (non-hydrogen) atoms. The number of hydrogen-bond acceptors (Lipinski definition) is 6. The lowest BCUT2D eigenvalue weighted by atomic mass is 9.91. The van der Waals surface area contributed by atoms with Crippen molar-refractivity contribution in [2.45, 2.75) is 12.5 Å². The highest BCUT2D eigenvalue weighted by atomic mass is 35.5. The minimum atomic E-state index is -0.307. The van der Waals surface area contributed by atoms with Crippen LogP contribution >= 0.6 is 22.9 Å². The van der Waals surface area contributed by atoms with Crippen LogP contribution in [0.4, 0.5) is 0 Å². The second-order valence-electron chi connectivity index (χ2n) is 7.27. The van der Waals surface area contributed by atoms with Crippen LogP contribution in [0.1, 0.15) is 27.5 Å². The van der Waals surface area contributed by atoms with Gasteiger partial charge in [-0.05, 0) is 60.0 Å². The van der Waals surface area contributed by atoms with E-state index >= 15 is 0 Å². The minimum absolute atomic E-state index is 0.0923. The monoisotopic (exact) mass is 473 g/mol. The molecule has 1 aliphatic heterocycles. The Kier molecular flexibility index (Phi) is 6.77. The fraction of sp³-hybridized carbons (Fsp3) is 0.292. The molecule has 0 spiro atoms. The van der Waals surface area contributed by atoms with Gasteiger partial charge in [0.2, 0.25) is 0 Å². The summed E-state index contributed by atoms with van der Waals surface area (Å²) in [5, 5.41) is 2.02. The highest BCUT2D eigenvalue weighted by molar-refractivity contribution is 7.15. The van der Waals surface area contributed by atoms with Crippen molar-refractivity contribution < 1.29 is 23.7 Å². The lowest BCUT2D eigenvalue weighted by Crippen LogP contribution is -2.42. The number of fused-ring (bicyclic) bond motifs is 1. The topological polar surface area (TPSA) is 57.2 Å². The number of ether oxygens (including phenoxy) is 4. The zero-order valence-corrected chi connectivity index (χ0v) is 19.7. The molecule has 4 rings (SSSR count). The Hall–Kier alpha value is -2.90. The second-order valence-corrected chi connectivity index (χ2v) is 8.71. The van der Waals surface area contributed by atoms with Gasteiger partial charge in [0.05, 0.1) is 27.4 Å². The van der Waals surface area contributed by atoms with Crippen molar-refractivity contribution in [1.82, 2.24) is 4.90 Å². The van der Waals surface area contributed by atoms with Gasteiger partial charge in [-0.1, -0.05) is 29.0 Å².